The Bertz CT molecular complexity index is 1140. The molecule has 1 aliphatic rings. The van der Waals surface area contributed by atoms with Gasteiger partial charge in [0.2, 0.25) is 0 Å². The van der Waals surface area contributed by atoms with Crippen LogP contribution in [0.3, 0.4) is 0 Å². The number of benzene rings is 2. The second kappa shape index (κ2) is 6.74. The Kier molecular flexibility index (Phi) is 4.24. The molecular formula is C22H17N3O3. The zero-order valence-corrected chi connectivity index (χ0v) is 15.4. The first-order valence-electron chi connectivity index (χ1n) is 8.79. The van der Waals surface area contributed by atoms with Crippen LogP contribution in [0.15, 0.2) is 60.7 Å². The normalized spacial score (nSPS) is 12.9. The highest BCUT2D eigenvalue weighted by Crippen LogP contribution is 2.31. The molecule has 3 amide bonds. The SMILES string of the molecule is Cc1cccc(NC(=O)c2ccc3c(c2)C(=O)N(c2ccccc2C)C3=O)n1. The number of hydrogen-bond acceptors (Lipinski definition) is 4. The van der Waals surface area contributed by atoms with E-state index in [0.29, 0.717) is 17.1 Å². The molecule has 0 unspecified atom stereocenters. The zero-order chi connectivity index (χ0) is 19.8. The van der Waals surface area contributed by atoms with E-state index in [-0.39, 0.29) is 17.0 Å². The number of nitrogens with zero attached hydrogens (tertiary/aromatic N) is 2. The predicted octanol–water partition coefficient (Wildman–Crippen LogP) is 3.75. The highest BCUT2D eigenvalue weighted by molar-refractivity contribution is 6.35. The van der Waals surface area contributed by atoms with Crippen LogP contribution in [0, 0.1) is 13.8 Å². The van der Waals surface area contributed by atoms with Crippen molar-refractivity contribution >= 4 is 29.2 Å². The number of imide groups is 1. The van der Waals surface area contributed by atoms with Crippen LogP contribution in [0.4, 0.5) is 11.5 Å². The number of rotatable bonds is 3. The zero-order valence-electron chi connectivity index (χ0n) is 15.4. The van der Waals surface area contributed by atoms with Gasteiger partial charge in [0.1, 0.15) is 5.82 Å². The summed E-state index contributed by atoms with van der Waals surface area (Å²) in [5, 5.41) is 2.71. The summed E-state index contributed by atoms with van der Waals surface area (Å²) in [6, 6.07) is 17.0. The van der Waals surface area contributed by atoms with Crippen molar-refractivity contribution < 1.29 is 14.4 Å². The average molecular weight is 371 g/mol. The number of aryl methyl sites for hydroxylation is 2. The Labute approximate surface area is 161 Å². The summed E-state index contributed by atoms with van der Waals surface area (Å²) in [6.45, 7) is 3.67. The molecule has 0 aliphatic carbocycles. The lowest BCUT2D eigenvalue weighted by Gasteiger charge is -2.16. The number of para-hydroxylation sites is 1. The molecule has 138 valence electrons. The third kappa shape index (κ3) is 2.95. The fraction of sp³-hybridized carbons (Fsp3) is 0.0909. The van der Waals surface area contributed by atoms with Gasteiger partial charge < -0.3 is 5.32 Å². The second-order valence-corrected chi connectivity index (χ2v) is 6.61. The molecule has 2 heterocycles. The molecule has 6 nitrogen and oxygen atoms in total. The maximum Gasteiger partial charge on any atom is 0.266 e. The summed E-state index contributed by atoms with van der Waals surface area (Å²) >= 11 is 0. The first-order chi connectivity index (χ1) is 13.5. The van der Waals surface area contributed by atoms with Gasteiger partial charge in [-0.1, -0.05) is 24.3 Å². The Hall–Kier alpha value is -3.80. The largest absolute Gasteiger partial charge is 0.307 e. The van der Waals surface area contributed by atoms with Gasteiger partial charge in [-0.3, -0.25) is 14.4 Å². The van der Waals surface area contributed by atoms with Gasteiger partial charge in [0, 0.05) is 11.3 Å². The van der Waals surface area contributed by atoms with Crippen LogP contribution in [0.2, 0.25) is 0 Å². The number of pyridine rings is 1. The van der Waals surface area contributed by atoms with Crippen molar-refractivity contribution in [2.75, 3.05) is 10.2 Å². The van der Waals surface area contributed by atoms with Gasteiger partial charge in [-0.15, -0.1) is 0 Å². The van der Waals surface area contributed by atoms with E-state index in [1.807, 2.05) is 32.0 Å². The molecule has 1 aromatic heterocycles. The standard InChI is InChI=1S/C22H17N3O3/c1-13-6-3-4-8-18(13)25-21(27)16-11-10-15(12-17(16)22(25)28)20(26)24-19-9-5-7-14(2)23-19/h3-12H,1-2H3,(H,23,24,26). The Morgan fingerprint density at radius 3 is 2.39 bits per heavy atom. The maximum atomic E-state index is 12.9. The van der Waals surface area contributed by atoms with Crippen LogP contribution >= 0.6 is 0 Å². The smallest absolute Gasteiger partial charge is 0.266 e. The van der Waals surface area contributed by atoms with Crippen LogP contribution < -0.4 is 10.2 Å². The van der Waals surface area contributed by atoms with Crippen molar-refractivity contribution in [3.05, 3.63) is 88.6 Å². The minimum absolute atomic E-state index is 0.220. The van der Waals surface area contributed by atoms with Crippen molar-refractivity contribution in [1.29, 1.82) is 0 Å². The lowest BCUT2D eigenvalue weighted by molar-refractivity contribution is 0.0925. The van der Waals surface area contributed by atoms with Crippen LogP contribution in [-0.2, 0) is 0 Å². The highest BCUT2D eigenvalue weighted by atomic mass is 16.2. The van der Waals surface area contributed by atoms with E-state index in [2.05, 4.69) is 10.3 Å². The second-order valence-electron chi connectivity index (χ2n) is 6.61. The lowest BCUT2D eigenvalue weighted by atomic mass is 10.1. The molecule has 3 aromatic rings. The summed E-state index contributed by atoms with van der Waals surface area (Å²) in [7, 11) is 0. The van der Waals surface area contributed by atoms with E-state index in [0.717, 1.165) is 16.2 Å². The first-order valence-corrected chi connectivity index (χ1v) is 8.79. The number of carbonyl (C=O) groups excluding carboxylic acids is 3. The Morgan fingerprint density at radius 1 is 0.893 bits per heavy atom. The van der Waals surface area contributed by atoms with Crippen molar-refractivity contribution in [3.63, 3.8) is 0 Å². The predicted molar refractivity (Wildman–Crippen MR) is 106 cm³/mol. The van der Waals surface area contributed by atoms with Crippen LogP contribution in [0.1, 0.15) is 42.3 Å². The molecule has 0 atom stereocenters. The van der Waals surface area contributed by atoms with E-state index >= 15 is 0 Å². The number of carbonyl (C=O) groups is 3. The fourth-order valence-corrected chi connectivity index (χ4v) is 3.22. The molecule has 0 saturated heterocycles. The minimum atomic E-state index is -0.433. The molecule has 0 radical (unpaired) electrons. The molecule has 0 fully saturated rings. The van der Waals surface area contributed by atoms with Crippen LogP contribution in [0.5, 0.6) is 0 Å². The molecule has 28 heavy (non-hydrogen) atoms. The van der Waals surface area contributed by atoms with Gasteiger partial charge in [-0.2, -0.15) is 0 Å². The summed E-state index contributed by atoms with van der Waals surface area (Å²) in [4.78, 5) is 43.6. The summed E-state index contributed by atoms with van der Waals surface area (Å²) in [5.74, 6) is -0.788. The Balaban J connectivity index is 1.65. The number of fused-ring (bicyclic) bond motifs is 1. The van der Waals surface area contributed by atoms with E-state index < -0.39 is 11.8 Å². The summed E-state index contributed by atoms with van der Waals surface area (Å²) in [6.07, 6.45) is 0. The van der Waals surface area contributed by atoms with Gasteiger partial charge in [0.25, 0.3) is 17.7 Å². The van der Waals surface area contributed by atoms with Crippen LogP contribution in [0.25, 0.3) is 0 Å². The molecule has 6 heteroatoms. The number of amides is 3. The lowest BCUT2D eigenvalue weighted by Crippen LogP contribution is -2.29. The quantitative estimate of drug-likeness (QED) is 0.711. The van der Waals surface area contributed by atoms with E-state index in [1.165, 1.54) is 18.2 Å². The number of nitrogens with one attached hydrogen (secondary N) is 1. The highest BCUT2D eigenvalue weighted by Gasteiger charge is 2.37. The molecule has 4 rings (SSSR count). The average Bonchev–Trinajstić information content (AvgIpc) is 2.92. The van der Waals surface area contributed by atoms with Gasteiger partial charge in [-0.25, -0.2) is 9.88 Å². The van der Waals surface area contributed by atoms with Gasteiger partial charge in [-0.05, 0) is 55.8 Å². The van der Waals surface area contributed by atoms with Gasteiger partial charge in [0.15, 0.2) is 0 Å². The molecule has 0 bridgehead atoms. The maximum absolute atomic E-state index is 12.9. The van der Waals surface area contributed by atoms with Gasteiger partial charge >= 0.3 is 0 Å². The Morgan fingerprint density at radius 2 is 1.64 bits per heavy atom. The third-order valence-electron chi connectivity index (χ3n) is 4.64. The topological polar surface area (TPSA) is 79.4 Å². The minimum Gasteiger partial charge on any atom is -0.307 e. The molecule has 0 spiro atoms. The molecule has 1 N–H and O–H groups in total. The van der Waals surface area contributed by atoms with Crippen LogP contribution in [-0.4, -0.2) is 22.7 Å². The molecule has 2 aromatic carbocycles. The van der Waals surface area contributed by atoms with E-state index in [4.69, 9.17) is 0 Å². The summed E-state index contributed by atoms with van der Waals surface area (Å²) in [5.41, 5.74) is 2.94. The summed E-state index contributed by atoms with van der Waals surface area (Å²) < 4.78 is 0. The van der Waals surface area contributed by atoms with Crippen molar-refractivity contribution in [3.8, 4) is 0 Å². The number of anilines is 2. The first kappa shape index (κ1) is 17.6. The fourth-order valence-electron chi connectivity index (χ4n) is 3.22. The molecule has 0 saturated carbocycles. The monoisotopic (exact) mass is 371 g/mol. The van der Waals surface area contributed by atoms with Crippen molar-refractivity contribution in [2.45, 2.75) is 13.8 Å². The van der Waals surface area contributed by atoms with E-state index in [1.54, 1.807) is 24.3 Å². The van der Waals surface area contributed by atoms with E-state index in [9.17, 15) is 14.4 Å². The number of aromatic nitrogens is 1. The number of hydrogen-bond donors (Lipinski definition) is 1. The molecule has 1 aliphatic heterocycles. The van der Waals surface area contributed by atoms with Crippen molar-refractivity contribution in [2.24, 2.45) is 0 Å². The van der Waals surface area contributed by atoms with Crippen molar-refractivity contribution in [1.82, 2.24) is 4.98 Å². The molecular weight excluding hydrogens is 354 g/mol. The third-order valence-corrected chi connectivity index (χ3v) is 4.64. The van der Waals surface area contributed by atoms with Gasteiger partial charge in [0.05, 0.1) is 16.8 Å².